The molecule has 3 rings (SSSR count). The van der Waals surface area contributed by atoms with Crippen LogP contribution in [0.2, 0.25) is 0 Å². The number of hydrogen-bond acceptors (Lipinski definition) is 5. The van der Waals surface area contributed by atoms with E-state index < -0.39 is 0 Å². The summed E-state index contributed by atoms with van der Waals surface area (Å²) in [6.45, 7) is 3.92. The zero-order valence-electron chi connectivity index (χ0n) is 15.9. The number of nitrogens with one attached hydrogen (secondary N) is 1. The first-order chi connectivity index (χ1) is 13.1. The van der Waals surface area contributed by atoms with Gasteiger partial charge in [0.25, 0.3) is 0 Å². The number of anilines is 1. The van der Waals surface area contributed by atoms with Crippen molar-refractivity contribution in [2.45, 2.75) is 58.3 Å². The molecular weight excluding hydrogens is 340 g/mol. The average molecular weight is 366 g/mol. The SMILES string of the molecule is CCC(C)C(=O)Nc1ncc(-c2ccc(N=O)cc2)nc1C1CCCCC1. The molecule has 6 nitrogen and oxygen atoms in total. The lowest BCUT2D eigenvalue weighted by Gasteiger charge is -2.24. The van der Waals surface area contributed by atoms with Gasteiger partial charge in [0.05, 0.1) is 17.6 Å². The molecule has 2 aromatic rings. The van der Waals surface area contributed by atoms with Crippen LogP contribution in [-0.2, 0) is 4.79 Å². The highest BCUT2D eigenvalue weighted by atomic mass is 16.3. The number of carbonyl (C=O) groups excluding carboxylic acids is 1. The molecule has 0 aliphatic heterocycles. The molecule has 0 radical (unpaired) electrons. The average Bonchev–Trinajstić information content (AvgIpc) is 2.74. The molecule has 0 spiro atoms. The summed E-state index contributed by atoms with van der Waals surface area (Å²) in [6.07, 6.45) is 8.20. The molecule has 1 amide bonds. The molecule has 1 saturated carbocycles. The van der Waals surface area contributed by atoms with Gasteiger partial charge in [0.15, 0.2) is 5.82 Å². The summed E-state index contributed by atoms with van der Waals surface area (Å²) in [5.41, 5.74) is 2.89. The molecule has 1 aliphatic rings. The van der Waals surface area contributed by atoms with Crippen LogP contribution in [0.5, 0.6) is 0 Å². The highest BCUT2D eigenvalue weighted by Gasteiger charge is 2.23. The van der Waals surface area contributed by atoms with Crippen molar-refractivity contribution in [2.24, 2.45) is 11.1 Å². The Labute approximate surface area is 159 Å². The summed E-state index contributed by atoms with van der Waals surface area (Å²) in [7, 11) is 0. The molecule has 1 fully saturated rings. The molecule has 1 aliphatic carbocycles. The Morgan fingerprint density at radius 2 is 1.93 bits per heavy atom. The molecule has 0 saturated heterocycles. The largest absolute Gasteiger partial charge is 0.309 e. The van der Waals surface area contributed by atoms with E-state index in [0.29, 0.717) is 17.4 Å². The molecule has 1 N–H and O–H groups in total. The van der Waals surface area contributed by atoms with Crippen LogP contribution in [-0.4, -0.2) is 15.9 Å². The second kappa shape index (κ2) is 8.84. The second-order valence-corrected chi connectivity index (χ2v) is 7.26. The van der Waals surface area contributed by atoms with Gasteiger partial charge in [-0.2, -0.15) is 0 Å². The standard InChI is InChI=1S/C21H26N4O2/c1-3-14(2)21(26)24-20-19(16-7-5-4-6-8-16)23-18(13-22-20)15-9-11-17(25-27)12-10-15/h9-14,16H,3-8H2,1-2H3,(H,22,24,26). The summed E-state index contributed by atoms with van der Waals surface area (Å²) < 4.78 is 0. The fourth-order valence-electron chi connectivity index (χ4n) is 3.42. The van der Waals surface area contributed by atoms with E-state index in [9.17, 15) is 9.70 Å². The Morgan fingerprint density at radius 3 is 2.56 bits per heavy atom. The highest BCUT2D eigenvalue weighted by molar-refractivity contribution is 5.92. The van der Waals surface area contributed by atoms with Crippen molar-refractivity contribution < 1.29 is 4.79 Å². The Kier molecular flexibility index (Phi) is 6.27. The molecule has 1 unspecified atom stereocenters. The third-order valence-electron chi connectivity index (χ3n) is 5.36. The van der Waals surface area contributed by atoms with Gasteiger partial charge in [0.1, 0.15) is 5.69 Å². The minimum Gasteiger partial charge on any atom is -0.309 e. The van der Waals surface area contributed by atoms with Gasteiger partial charge in [-0.3, -0.25) is 4.79 Å². The van der Waals surface area contributed by atoms with Crippen molar-refractivity contribution in [3.8, 4) is 11.3 Å². The maximum absolute atomic E-state index is 12.4. The quantitative estimate of drug-likeness (QED) is 0.677. The number of nitrogens with zero attached hydrogens (tertiary/aromatic N) is 3. The van der Waals surface area contributed by atoms with Crippen molar-refractivity contribution in [3.05, 3.63) is 41.1 Å². The van der Waals surface area contributed by atoms with Crippen LogP contribution in [0.15, 0.2) is 35.6 Å². The van der Waals surface area contributed by atoms with E-state index in [4.69, 9.17) is 4.98 Å². The number of carbonyl (C=O) groups is 1. The number of nitroso groups, excluding NO2 is 1. The minimum atomic E-state index is -0.0610. The van der Waals surface area contributed by atoms with Crippen LogP contribution in [0.25, 0.3) is 11.3 Å². The number of aromatic nitrogens is 2. The van der Waals surface area contributed by atoms with E-state index in [1.807, 2.05) is 26.0 Å². The van der Waals surface area contributed by atoms with Crippen LogP contribution in [0, 0.1) is 10.8 Å². The molecular formula is C21H26N4O2. The zero-order valence-corrected chi connectivity index (χ0v) is 15.9. The number of benzene rings is 1. The third kappa shape index (κ3) is 4.56. The molecule has 1 aromatic heterocycles. The maximum Gasteiger partial charge on any atom is 0.228 e. The van der Waals surface area contributed by atoms with Crippen LogP contribution in [0.4, 0.5) is 11.5 Å². The number of rotatable bonds is 6. The van der Waals surface area contributed by atoms with Gasteiger partial charge < -0.3 is 5.32 Å². The Balaban J connectivity index is 1.95. The molecule has 0 bridgehead atoms. The topological polar surface area (TPSA) is 84.3 Å². The van der Waals surface area contributed by atoms with E-state index >= 15 is 0 Å². The lowest BCUT2D eigenvalue weighted by Crippen LogP contribution is -2.22. The van der Waals surface area contributed by atoms with Crippen molar-refractivity contribution in [2.75, 3.05) is 5.32 Å². The Morgan fingerprint density at radius 1 is 1.22 bits per heavy atom. The van der Waals surface area contributed by atoms with E-state index in [2.05, 4.69) is 15.5 Å². The molecule has 1 aromatic carbocycles. The first kappa shape index (κ1) is 19.1. The molecule has 1 heterocycles. The van der Waals surface area contributed by atoms with Crippen molar-refractivity contribution >= 4 is 17.4 Å². The third-order valence-corrected chi connectivity index (χ3v) is 5.36. The van der Waals surface area contributed by atoms with Gasteiger partial charge in [-0.15, -0.1) is 4.91 Å². The maximum atomic E-state index is 12.4. The van der Waals surface area contributed by atoms with Crippen LogP contribution >= 0.6 is 0 Å². The molecule has 6 heteroatoms. The highest BCUT2D eigenvalue weighted by Crippen LogP contribution is 2.36. The predicted molar refractivity (Wildman–Crippen MR) is 107 cm³/mol. The van der Waals surface area contributed by atoms with Gasteiger partial charge in [-0.05, 0) is 36.6 Å². The second-order valence-electron chi connectivity index (χ2n) is 7.26. The number of amides is 1. The van der Waals surface area contributed by atoms with Crippen molar-refractivity contribution in [1.29, 1.82) is 0 Å². The fraction of sp³-hybridized carbons (Fsp3) is 0.476. The Hall–Kier alpha value is -2.63. The van der Waals surface area contributed by atoms with Gasteiger partial charge in [0.2, 0.25) is 5.91 Å². The Bertz CT molecular complexity index is 798. The van der Waals surface area contributed by atoms with Gasteiger partial charge >= 0.3 is 0 Å². The first-order valence-electron chi connectivity index (χ1n) is 9.74. The summed E-state index contributed by atoms with van der Waals surface area (Å²) in [4.78, 5) is 32.4. The van der Waals surface area contributed by atoms with E-state index in [1.54, 1.807) is 18.3 Å². The normalized spacial score (nSPS) is 15.9. The smallest absolute Gasteiger partial charge is 0.228 e. The van der Waals surface area contributed by atoms with Gasteiger partial charge in [0, 0.05) is 17.4 Å². The summed E-state index contributed by atoms with van der Waals surface area (Å²) >= 11 is 0. The zero-order chi connectivity index (χ0) is 19.2. The summed E-state index contributed by atoms with van der Waals surface area (Å²) in [5.74, 6) is 0.823. The van der Waals surface area contributed by atoms with Crippen LogP contribution in [0.1, 0.15) is 64.0 Å². The number of hydrogen-bond donors (Lipinski definition) is 1. The lowest BCUT2D eigenvalue weighted by atomic mass is 9.86. The summed E-state index contributed by atoms with van der Waals surface area (Å²) in [5, 5.41) is 5.92. The monoisotopic (exact) mass is 366 g/mol. The first-order valence-corrected chi connectivity index (χ1v) is 9.74. The molecule has 142 valence electrons. The minimum absolute atomic E-state index is 0.0157. The van der Waals surface area contributed by atoms with E-state index in [0.717, 1.165) is 36.2 Å². The van der Waals surface area contributed by atoms with Crippen LogP contribution < -0.4 is 5.32 Å². The van der Waals surface area contributed by atoms with Crippen molar-refractivity contribution in [1.82, 2.24) is 9.97 Å². The van der Waals surface area contributed by atoms with Gasteiger partial charge in [-0.25, -0.2) is 9.97 Å². The summed E-state index contributed by atoms with van der Waals surface area (Å²) in [6, 6.07) is 6.98. The lowest BCUT2D eigenvalue weighted by molar-refractivity contribution is -0.119. The van der Waals surface area contributed by atoms with E-state index in [-0.39, 0.29) is 11.8 Å². The van der Waals surface area contributed by atoms with Gasteiger partial charge in [-0.1, -0.05) is 45.2 Å². The predicted octanol–water partition coefficient (Wildman–Crippen LogP) is 5.57. The molecule has 1 atom stereocenters. The fourth-order valence-corrected chi connectivity index (χ4v) is 3.42. The van der Waals surface area contributed by atoms with Crippen molar-refractivity contribution in [3.63, 3.8) is 0 Å². The van der Waals surface area contributed by atoms with Crippen LogP contribution in [0.3, 0.4) is 0 Å². The molecule has 27 heavy (non-hydrogen) atoms. The van der Waals surface area contributed by atoms with E-state index in [1.165, 1.54) is 19.3 Å².